The van der Waals surface area contributed by atoms with Crippen LogP contribution in [0.1, 0.15) is 12.2 Å². The lowest BCUT2D eigenvalue weighted by Crippen LogP contribution is -2.33. The first-order valence-electron chi connectivity index (χ1n) is 6.43. The van der Waals surface area contributed by atoms with Gasteiger partial charge < -0.3 is 10.4 Å². The first-order chi connectivity index (χ1) is 10.0. The number of hydrogen-bond acceptors (Lipinski definition) is 4. The molecule has 0 aliphatic carbocycles. The lowest BCUT2D eigenvalue weighted by atomic mass is 10.2. The number of carboxylic acids is 1. The van der Waals surface area contributed by atoms with Gasteiger partial charge in [-0.25, -0.2) is 4.98 Å². The highest BCUT2D eigenvalue weighted by Crippen LogP contribution is 2.09. The van der Waals surface area contributed by atoms with Crippen molar-refractivity contribution in [2.75, 3.05) is 7.05 Å². The van der Waals surface area contributed by atoms with E-state index in [9.17, 15) is 14.4 Å². The lowest BCUT2D eigenvalue weighted by Gasteiger charge is -2.12. The predicted octanol–water partition coefficient (Wildman–Crippen LogP) is 0.160. The van der Waals surface area contributed by atoms with Crippen molar-refractivity contribution in [1.82, 2.24) is 14.9 Å². The molecule has 0 saturated carbocycles. The van der Waals surface area contributed by atoms with Gasteiger partial charge in [-0.15, -0.1) is 0 Å². The van der Waals surface area contributed by atoms with Crippen molar-refractivity contribution in [2.24, 2.45) is 0 Å². The van der Waals surface area contributed by atoms with E-state index in [4.69, 9.17) is 5.11 Å². The Labute approximate surface area is 120 Å². The van der Waals surface area contributed by atoms with Crippen LogP contribution in [-0.4, -0.2) is 33.6 Å². The second-order valence-corrected chi connectivity index (χ2v) is 4.50. The number of aromatic nitrogens is 2. The number of hydrogen-bond donors (Lipinski definition) is 2. The number of likely N-dealkylation sites (N-methyl/N-ethyl adjacent to an activating group) is 1. The Balaban J connectivity index is 2.56. The Morgan fingerprint density at radius 2 is 2.05 bits per heavy atom. The van der Waals surface area contributed by atoms with Crippen LogP contribution in [0.15, 0.2) is 29.1 Å². The molecule has 7 nitrogen and oxygen atoms in total. The molecule has 0 bridgehead atoms. The molecule has 0 aliphatic heterocycles. The number of benzene rings is 1. The average molecular weight is 289 g/mol. The highest BCUT2D eigenvalue weighted by Gasteiger charge is 2.14. The molecular formula is C14H15N3O4. The summed E-state index contributed by atoms with van der Waals surface area (Å²) >= 11 is 0. The summed E-state index contributed by atoms with van der Waals surface area (Å²) in [5, 5.41) is 11.6. The topological polar surface area (TPSA) is 101 Å². The first kappa shape index (κ1) is 14.7. The Morgan fingerprint density at radius 1 is 1.33 bits per heavy atom. The van der Waals surface area contributed by atoms with Crippen LogP contribution in [0.5, 0.6) is 0 Å². The van der Waals surface area contributed by atoms with E-state index in [1.807, 2.05) is 0 Å². The van der Waals surface area contributed by atoms with Crippen LogP contribution < -0.4 is 10.9 Å². The third kappa shape index (κ3) is 3.25. The molecule has 0 aliphatic rings. The second kappa shape index (κ2) is 6.17. The minimum absolute atomic E-state index is 0.0897. The molecule has 2 aromatic rings. The standard InChI is InChI=1S/C14H15N3O4/c1-15-12(18)8-17-11(6-7-13(19)20)16-10-5-3-2-4-9(10)14(17)21/h2-5H,6-8H2,1H3,(H,15,18)(H,19,20). The number of rotatable bonds is 5. The molecule has 7 heteroatoms. The molecule has 0 fully saturated rings. The van der Waals surface area contributed by atoms with Crippen molar-refractivity contribution < 1.29 is 14.7 Å². The molecule has 0 unspecified atom stereocenters. The summed E-state index contributed by atoms with van der Waals surface area (Å²) in [7, 11) is 1.47. The molecule has 1 heterocycles. The molecular weight excluding hydrogens is 274 g/mol. The molecule has 0 atom stereocenters. The minimum atomic E-state index is -0.982. The van der Waals surface area contributed by atoms with Gasteiger partial charge in [-0.2, -0.15) is 0 Å². The average Bonchev–Trinajstić information content (AvgIpc) is 2.48. The zero-order valence-corrected chi connectivity index (χ0v) is 11.5. The van der Waals surface area contributed by atoms with Gasteiger partial charge in [0, 0.05) is 13.5 Å². The molecule has 1 aromatic heterocycles. The first-order valence-corrected chi connectivity index (χ1v) is 6.43. The van der Waals surface area contributed by atoms with Crippen LogP contribution in [0, 0.1) is 0 Å². The minimum Gasteiger partial charge on any atom is -0.481 e. The summed E-state index contributed by atoms with van der Waals surface area (Å²) in [5.74, 6) is -1.03. The van der Waals surface area contributed by atoms with E-state index in [1.165, 1.54) is 11.6 Å². The Kier molecular flexibility index (Phi) is 4.32. The normalized spacial score (nSPS) is 10.5. The predicted molar refractivity (Wildman–Crippen MR) is 76.0 cm³/mol. The number of carboxylic acid groups (broad SMARTS) is 1. The van der Waals surface area contributed by atoms with Crippen LogP contribution >= 0.6 is 0 Å². The van der Waals surface area contributed by atoms with Crippen LogP contribution in [0.2, 0.25) is 0 Å². The molecule has 21 heavy (non-hydrogen) atoms. The number of carbonyl (C=O) groups is 2. The highest BCUT2D eigenvalue weighted by molar-refractivity contribution is 5.79. The van der Waals surface area contributed by atoms with E-state index in [2.05, 4.69) is 10.3 Å². The number of nitrogens with zero attached hydrogens (tertiary/aromatic N) is 2. The summed E-state index contributed by atoms with van der Waals surface area (Å²) in [5.41, 5.74) is 0.153. The Hall–Kier alpha value is -2.70. The van der Waals surface area contributed by atoms with E-state index >= 15 is 0 Å². The van der Waals surface area contributed by atoms with Gasteiger partial charge in [-0.05, 0) is 12.1 Å². The van der Waals surface area contributed by atoms with Crippen LogP contribution in [-0.2, 0) is 22.6 Å². The van der Waals surface area contributed by atoms with E-state index < -0.39 is 5.97 Å². The van der Waals surface area contributed by atoms with E-state index in [0.29, 0.717) is 16.7 Å². The fourth-order valence-electron chi connectivity index (χ4n) is 2.01. The number of fused-ring (bicyclic) bond motifs is 1. The van der Waals surface area contributed by atoms with Gasteiger partial charge in [0.05, 0.1) is 17.3 Å². The smallest absolute Gasteiger partial charge is 0.303 e. The van der Waals surface area contributed by atoms with Gasteiger partial charge in [0.1, 0.15) is 12.4 Å². The summed E-state index contributed by atoms with van der Waals surface area (Å²) in [6.45, 7) is -0.178. The number of aryl methyl sites for hydroxylation is 1. The summed E-state index contributed by atoms with van der Waals surface area (Å²) in [4.78, 5) is 39.0. The fraction of sp³-hybridized carbons (Fsp3) is 0.286. The number of carbonyl (C=O) groups excluding carboxylic acids is 1. The number of nitrogens with one attached hydrogen (secondary N) is 1. The van der Waals surface area contributed by atoms with Gasteiger partial charge in [-0.1, -0.05) is 12.1 Å². The highest BCUT2D eigenvalue weighted by atomic mass is 16.4. The number of aliphatic carboxylic acids is 1. The molecule has 0 saturated heterocycles. The SMILES string of the molecule is CNC(=O)Cn1c(CCC(=O)O)nc2ccccc2c1=O. The summed E-state index contributed by atoms with van der Waals surface area (Å²) in [6, 6.07) is 6.78. The van der Waals surface area contributed by atoms with Gasteiger partial charge in [-0.3, -0.25) is 19.0 Å². The Bertz CT molecular complexity index is 751. The van der Waals surface area contributed by atoms with Crippen molar-refractivity contribution in [2.45, 2.75) is 19.4 Å². The van der Waals surface area contributed by atoms with Gasteiger partial charge in [0.25, 0.3) is 5.56 Å². The van der Waals surface area contributed by atoms with Crippen molar-refractivity contribution >= 4 is 22.8 Å². The van der Waals surface area contributed by atoms with Crippen molar-refractivity contribution in [1.29, 1.82) is 0 Å². The van der Waals surface area contributed by atoms with Crippen molar-refractivity contribution in [3.05, 3.63) is 40.4 Å². The second-order valence-electron chi connectivity index (χ2n) is 4.50. The number of amides is 1. The maximum Gasteiger partial charge on any atom is 0.303 e. The van der Waals surface area contributed by atoms with Crippen molar-refractivity contribution in [3.8, 4) is 0 Å². The molecule has 0 radical (unpaired) electrons. The molecule has 0 spiro atoms. The number of para-hydroxylation sites is 1. The van der Waals surface area contributed by atoms with Gasteiger partial charge in [0.2, 0.25) is 5.91 Å². The monoisotopic (exact) mass is 289 g/mol. The molecule has 2 N–H and O–H groups in total. The quantitative estimate of drug-likeness (QED) is 0.816. The van der Waals surface area contributed by atoms with E-state index in [0.717, 1.165) is 0 Å². The summed E-state index contributed by atoms with van der Waals surface area (Å²) in [6.07, 6.45) is -0.0646. The zero-order valence-electron chi connectivity index (χ0n) is 11.5. The van der Waals surface area contributed by atoms with Crippen LogP contribution in [0.3, 0.4) is 0 Å². The molecule has 1 amide bonds. The van der Waals surface area contributed by atoms with E-state index in [-0.39, 0.29) is 30.9 Å². The summed E-state index contributed by atoms with van der Waals surface area (Å²) < 4.78 is 1.23. The third-order valence-electron chi connectivity index (χ3n) is 3.08. The maximum atomic E-state index is 12.4. The van der Waals surface area contributed by atoms with E-state index in [1.54, 1.807) is 24.3 Å². The Morgan fingerprint density at radius 3 is 2.71 bits per heavy atom. The van der Waals surface area contributed by atoms with Crippen molar-refractivity contribution in [3.63, 3.8) is 0 Å². The fourth-order valence-corrected chi connectivity index (χ4v) is 2.01. The largest absolute Gasteiger partial charge is 0.481 e. The maximum absolute atomic E-state index is 12.4. The lowest BCUT2D eigenvalue weighted by molar-refractivity contribution is -0.137. The molecule has 1 aromatic carbocycles. The zero-order chi connectivity index (χ0) is 15.4. The molecule has 110 valence electrons. The van der Waals surface area contributed by atoms with Crippen LogP contribution in [0.4, 0.5) is 0 Å². The third-order valence-corrected chi connectivity index (χ3v) is 3.08. The van der Waals surface area contributed by atoms with Crippen LogP contribution in [0.25, 0.3) is 10.9 Å². The van der Waals surface area contributed by atoms with Gasteiger partial charge >= 0.3 is 5.97 Å². The van der Waals surface area contributed by atoms with Gasteiger partial charge in [0.15, 0.2) is 0 Å². The molecule has 2 rings (SSSR count).